The molecule has 0 aromatic carbocycles. The van der Waals surface area contributed by atoms with E-state index >= 15 is 0 Å². The van der Waals surface area contributed by atoms with Gasteiger partial charge >= 0.3 is 5.97 Å². The summed E-state index contributed by atoms with van der Waals surface area (Å²) in [7, 11) is 0. The molecule has 14 N–H and O–H groups in total. The Morgan fingerprint density at radius 1 is 0.778 bits per heavy atom. The number of hydrogen-bond acceptors (Lipinski definition) is 8. The van der Waals surface area contributed by atoms with Gasteiger partial charge in [0.25, 0.3) is 0 Å². The maximum absolute atomic E-state index is 12.9. The van der Waals surface area contributed by atoms with E-state index in [4.69, 9.17) is 28.7 Å². The predicted octanol–water partition coefficient (Wildman–Crippen LogP) is -3.45. The van der Waals surface area contributed by atoms with E-state index in [1.165, 1.54) is 0 Å². The normalized spacial score (nSPS) is 14.0. The van der Waals surface area contributed by atoms with E-state index in [1.807, 2.05) is 0 Å². The number of rotatable bonds is 17. The van der Waals surface area contributed by atoms with Gasteiger partial charge < -0.3 is 49.7 Å². The van der Waals surface area contributed by atoms with E-state index in [9.17, 15) is 24.3 Å². The number of nitrogens with one attached hydrogen (secondary N) is 3. The second-order valence-corrected chi connectivity index (χ2v) is 8.74. The van der Waals surface area contributed by atoms with Crippen molar-refractivity contribution in [1.29, 1.82) is 0 Å². The van der Waals surface area contributed by atoms with Gasteiger partial charge in [-0.25, -0.2) is 4.79 Å². The van der Waals surface area contributed by atoms with Gasteiger partial charge in [-0.15, -0.1) is 0 Å². The first-order valence-electron chi connectivity index (χ1n) is 11.4. The highest BCUT2D eigenvalue weighted by Crippen LogP contribution is 2.05. The molecule has 0 aliphatic heterocycles. The van der Waals surface area contributed by atoms with E-state index in [2.05, 4.69) is 38.6 Å². The summed E-state index contributed by atoms with van der Waals surface area (Å²) in [6.07, 6.45) is 0.860. The van der Waals surface area contributed by atoms with Crippen LogP contribution >= 0.6 is 12.6 Å². The number of aliphatic carboxylic acids is 1. The van der Waals surface area contributed by atoms with Crippen molar-refractivity contribution in [2.24, 2.45) is 44.6 Å². The fourth-order valence-corrected chi connectivity index (χ4v) is 3.10. The lowest BCUT2D eigenvalue weighted by Gasteiger charge is -2.25. The Bertz CT molecular complexity index is 800. The monoisotopic (exact) mass is 532 g/mol. The number of carbonyl (C=O) groups is 4. The number of guanidine groups is 2. The maximum atomic E-state index is 12.9. The Morgan fingerprint density at radius 3 is 1.61 bits per heavy atom. The van der Waals surface area contributed by atoms with E-state index in [0.717, 1.165) is 0 Å². The van der Waals surface area contributed by atoms with Gasteiger partial charge in [0.05, 0.1) is 6.04 Å². The van der Waals surface area contributed by atoms with E-state index in [1.54, 1.807) is 13.8 Å². The molecule has 0 aromatic heterocycles. The zero-order chi connectivity index (χ0) is 27.8. The molecule has 0 spiro atoms. The van der Waals surface area contributed by atoms with Crippen LogP contribution in [0, 0.1) is 5.92 Å². The third kappa shape index (κ3) is 13.6. The lowest BCUT2D eigenvalue weighted by molar-refractivity contribution is -0.142. The summed E-state index contributed by atoms with van der Waals surface area (Å²) in [5.74, 6) is -3.76. The number of nitrogens with zero attached hydrogens (tertiary/aromatic N) is 2. The van der Waals surface area contributed by atoms with Gasteiger partial charge in [-0.2, -0.15) is 12.6 Å². The van der Waals surface area contributed by atoms with Gasteiger partial charge in [0, 0.05) is 18.8 Å². The van der Waals surface area contributed by atoms with Crippen LogP contribution in [-0.4, -0.2) is 83.7 Å². The number of amides is 3. The zero-order valence-electron chi connectivity index (χ0n) is 20.6. The number of carbonyl (C=O) groups excluding carboxylic acids is 3. The molecule has 0 radical (unpaired) electrons. The van der Waals surface area contributed by atoms with Crippen LogP contribution in [-0.2, 0) is 19.2 Å². The Kier molecular flexibility index (Phi) is 15.6. The van der Waals surface area contributed by atoms with E-state index in [0.29, 0.717) is 12.8 Å². The molecule has 0 fully saturated rings. The SMILES string of the molecule is CC(C)C(N)C(=O)NC(CCCN=C(N)N)C(=O)NC(CS)C(=O)NC(CCCN=C(N)N)C(=O)O. The molecule has 16 heteroatoms. The summed E-state index contributed by atoms with van der Waals surface area (Å²) in [6, 6.07) is -4.29. The van der Waals surface area contributed by atoms with Crippen molar-refractivity contribution in [3.8, 4) is 0 Å². The molecule has 0 rings (SSSR count). The van der Waals surface area contributed by atoms with Crippen molar-refractivity contribution >= 4 is 48.2 Å². The first kappa shape index (κ1) is 32.7. The van der Waals surface area contributed by atoms with Crippen LogP contribution in [0.25, 0.3) is 0 Å². The molecule has 0 aromatic rings. The fraction of sp³-hybridized carbons (Fsp3) is 0.700. The zero-order valence-corrected chi connectivity index (χ0v) is 21.5. The molecule has 0 saturated heterocycles. The van der Waals surface area contributed by atoms with E-state index in [-0.39, 0.29) is 49.5 Å². The molecule has 0 aliphatic carbocycles. The molecule has 36 heavy (non-hydrogen) atoms. The van der Waals surface area contributed by atoms with E-state index < -0.39 is 47.9 Å². The van der Waals surface area contributed by atoms with Gasteiger partial charge in [-0.3, -0.25) is 24.4 Å². The van der Waals surface area contributed by atoms with Crippen LogP contribution in [0.1, 0.15) is 39.5 Å². The summed E-state index contributed by atoms with van der Waals surface area (Å²) in [5.41, 5.74) is 26.9. The topological polar surface area (TPSA) is 279 Å². The fourth-order valence-electron chi connectivity index (χ4n) is 2.84. The van der Waals surface area contributed by atoms with Crippen molar-refractivity contribution in [2.45, 2.75) is 63.7 Å². The van der Waals surface area contributed by atoms with Crippen LogP contribution in [0.15, 0.2) is 9.98 Å². The molecule has 206 valence electrons. The van der Waals surface area contributed by atoms with Gasteiger partial charge in [-0.05, 0) is 31.6 Å². The molecule has 0 aliphatic rings. The van der Waals surface area contributed by atoms with Crippen LogP contribution < -0.4 is 44.6 Å². The number of carboxylic acid groups (broad SMARTS) is 1. The molecule has 3 amide bonds. The molecule has 4 atom stereocenters. The smallest absolute Gasteiger partial charge is 0.326 e. The first-order chi connectivity index (χ1) is 16.8. The van der Waals surface area contributed by atoms with Crippen molar-refractivity contribution < 1.29 is 24.3 Å². The summed E-state index contributed by atoms with van der Waals surface area (Å²) >= 11 is 4.10. The number of carboxylic acids is 1. The Morgan fingerprint density at radius 2 is 1.19 bits per heavy atom. The Balaban J connectivity index is 5.31. The number of thiol groups is 1. The van der Waals surface area contributed by atoms with Crippen LogP contribution in [0.4, 0.5) is 0 Å². The largest absolute Gasteiger partial charge is 0.480 e. The summed E-state index contributed by atoms with van der Waals surface area (Å²) in [4.78, 5) is 57.2. The van der Waals surface area contributed by atoms with Gasteiger partial charge in [-0.1, -0.05) is 13.8 Å². The van der Waals surface area contributed by atoms with Crippen LogP contribution in [0.2, 0.25) is 0 Å². The quantitative estimate of drug-likeness (QED) is 0.0382. The average Bonchev–Trinajstić information content (AvgIpc) is 2.79. The molecule has 0 bridgehead atoms. The molecule has 0 heterocycles. The molecule has 15 nitrogen and oxygen atoms in total. The van der Waals surface area contributed by atoms with Crippen molar-refractivity contribution in [3.05, 3.63) is 0 Å². The Labute approximate surface area is 215 Å². The average molecular weight is 533 g/mol. The highest BCUT2D eigenvalue weighted by atomic mass is 32.1. The van der Waals surface area contributed by atoms with Crippen LogP contribution in [0.5, 0.6) is 0 Å². The van der Waals surface area contributed by atoms with Crippen LogP contribution in [0.3, 0.4) is 0 Å². The first-order valence-corrected chi connectivity index (χ1v) is 12.0. The van der Waals surface area contributed by atoms with Crippen molar-refractivity contribution in [1.82, 2.24) is 16.0 Å². The number of aliphatic imine (C=N–C) groups is 2. The minimum atomic E-state index is -1.26. The highest BCUT2D eigenvalue weighted by Gasteiger charge is 2.30. The number of hydrogen-bond donors (Lipinski definition) is 10. The lowest BCUT2D eigenvalue weighted by atomic mass is 10.0. The minimum absolute atomic E-state index is 0.0572. The second-order valence-electron chi connectivity index (χ2n) is 8.37. The molecular formula is C20H40N10O5S. The minimum Gasteiger partial charge on any atom is -0.480 e. The maximum Gasteiger partial charge on any atom is 0.326 e. The Hall–Kier alpha value is -3.27. The predicted molar refractivity (Wildman–Crippen MR) is 140 cm³/mol. The third-order valence-corrected chi connectivity index (χ3v) is 5.34. The summed E-state index contributed by atoms with van der Waals surface area (Å²) < 4.78 is 0. The van der Waals surface area contributed by atoms with Gasteiger partial charge in [0.1, 0.15) is 18.1 Å². The third-order valence-electron chi connectivity index (χ3n) is 4.97. The highest BCUT2D eigenvalue weighted by molar-refractivity contribution is 7.80. The van der Waals surface area contributed by atoms with Crippen molar-refractivity contribution in [2.75, 3.05) is 18.8 Å². The summed E-state index contributed by atoms with van der Waals surface area (Å²) in [6.45, 7) is 3.92. The van der Waals surface area contributed by atoms with Gasteiger partial charge in [0.2, 0.25) is 17.7 Å². The number of nitrogens with two attached hydrogens (primary N) is 5. The molecule has 4 unspecified atom stereocenters. The summed E-state index contributed by atoms with van der Waals surface area (Å²) in [5, 5.41) is 16.9. The standard InChI is InChI=1S/C20H40N10O5S/c1-10(2)14(21)17(33)28-11(5-3-7-26-19(22)23)15(31)30-13(9-36)16(32)29-12(18(34)35)6-4-8-27-20(24)25/h10-14,36H,3-9,21H2,1-2H3,(H,28,33)(H,29,32)(H,30,31)(H,34,35)(H4,22,23,26)(H4,24,25,27). The second kappa shape index (κ2) is 17.2. The molecular weight excluding hydrogens is 492 g/mol. The van der Waals surface area contributed by atoms with Gasteiger partial charge in [0.15, 0.2) is 11.9 Å². The lowest BCUT2D eigenvalue weighted by Crippen LogP contribution is -2.58. The molecule has 0 saturated carbocycles. The van der Waals surface area contributed by atoms with Crippen molar-refractivity contribution in [3.63, 3.8) is 0 Å².